The molecule has 0 saturated heterocycles. The molecule has 0 spiro atoms. The van der Waals surface area contributed by atoms with Crippen molar-refractivity contribution in [3.8, 4) is 0 Å². The average molecular weight is 637 g/mol. The van der Waals surface area contributed by atoms with Crippen LogP contribution in [0.5, 0.6) is 0 Å². The van der Waals surface area contributed by atoms with Gasteiger partial charge in [0.2, 0.25) is 0 Å². The second-order valence-corrected chi connectivity index (χ2v) is 12.9. The third-order valence-corrected chi connectivity index (χ3v) is 8.19. The molecular weight excluding hydrogens is 562 g/mol. The lowest BCUT2D eigenvalue weighted by molar-refractivity contribution is -1.07. The van der Waals surface area contributed by atoms with Crippen LogP contribution in [0.1, 0.15) is 181 Å². The first-order valence-corrected chi connectivity index (χ1v) is 17.7. The van der Waals surface area contributed by atoms with Crippen LogP contribution < -0.4 is 17.0 Å². The summed E-state index contributed by atoms with van der Waals surface area (Å²) in [4.78, 5) is 0. The van der Waals surface area contributed by atoms with Crippen molar-refractivity contribution in [1.82, 2.24) is 0 Å². The van der Waals surface area contributed by atoms with E-state index in [4.69, 9.17) is 9.47 Å². The first kappa shape index (κ1) is 42.5. The Balaban J connectivity index is 0. The number of rotatable bonds is 32. The summed E-state index contributed by atoms with van der Waals surface area (Å²) in [7, 11) is 3.67. The van der Waals surface area contributed by atoms with E-state index in [2.05, 4.69) is 20.8 Å². The molecule has 0 aromatic carbocycles. The van der Waals surface area contributed by atoms with Gasteiger partial charge in [-0.15, -0.1) is 0 Å². The van der Waals surface area contributed by atoms with E-state index in [-0.39, 0.29) is 33.8 Å². The summed E-state index contributed by atoms with van der Waals surface area (Å²) >= 11 is 0. The van der Waals surface area contributed by atoms with Crippen LogP contribution >= 0.6 is 0 Å². The van der Waals surface area contributed by atoms with Crippen LogP contribution in [0.4, 0.5) is 0 Å². The smallest absolute Gasteiger partial charge is 0.111 e. The van der Waals surface area contributed by atoms with Gasteiger partial charge in [0.25, 0.3) is 0 Å². The highest BCUT2D eigenvalue weighted by Gasteiger charge is 2.23. The summed E-state index contributed by atoms with van der Waals surface area (Å²) in [5, 5.41) is 10.2. The lowest BCUT2D eigenvalue weighted by Gasteiger charge is -2.27. The molecule has 0 radical (unpaired) electrons. The van der Waals surface area contributed by atoms with Crippen LogP contribution in [0.25, 0.3) is 0 Å². The van der Waals surface area contributed by atoms with E-state index in [0.29, 0.717) is 6.54 Å². The highest BCUT2D eigenvalue weighted by atomic mass is 79.9. The molecule has 0 saturated carbocycles. The minimum absolute atomic E-state index is 0. The molecular formula is C35H74BrNO3. The first-order chi connectivity index (χ1) is 18.9. The van der Waals surface area contributed by atoms with Gasteiger partial charge >= 0.3 is 0 Å². The molecule has 0 amide bonds. The summed E-state index contributed by atoms with van der Waals surface area (Å²) in [6.07, 6.45) is 33.8. The third-order valence-electron chi connectivity index (χ3n) is 8.19. The largest absolute Gasteiger partial charge is 1.00 e. The van der Waals surface area contributed by atoms with E-state index in [0.717, 1.165) is 32.5 Å². The molecule has 0 aromatic heterocycles. The second kappa shape index (κ2) is 32.2. The Kier molecular flexibility index (Phi) is 34.2. The Morgan fingerprint density at radius 3 is 1.12 bits per heavy atom. The van der Waals surface area contributed by atoms with Gasteiger partial charge in [-0.05, 0) is 19.8 Å². The van der Waals surface area contributed by atoms with Crippen molar-refractivity contribution in [2.45, 2.75) is 193 Å². The van der Waals surface area contributed by atoms with Crippen LogP contribution in [0, 0.1) is 0 Å². The van der Waals surface area contributed by atoms with Gasteiger partial charge in [0.15, 0.2) is 0 Å². The zero-order chi connectivity index (χ0) is 28.9. The molecule has 2 unspecified atom stereocenters. The van der Waals surface area contributed by atoms with Crippen LogP contribution in [-0.2, 0) is 9.47 Å². The van der Waals surface area contributed by atoms with Gasteiger partial charge in [0, 0.05) is 19.6 Å². The van der Waals surface area contributed by atoms with Crippen molar-refractivity contribution in [1.29, 1.82) is 0 Å². The molecule has 0 rings (SSSR count). The van der Waals surface area contributed by atoms with E-state index in [1.807, 2.05) is 14.1 Å². The fourth-order valence-corrected chi connectivity index (χ4v) is 5.39. The number of nitrogens with zero attached hydrogens (tertiary/aromatic N) is 1. The van der Waals surface area contributed by atoms with Crippen molar-refractivity contribution >= 4 is 0 Å². The van der Waals surface area contributed by atoms with Gasteiger partial charge in [-0.1, -0.05) is 155 Å². The van der Waals surface area contributed by atoms with Crippen LogP contribution in [-0.4, -0.2) is 55.9 Å². The summed E-state index contributed by atoms with van der Waals surface area (Å²) in [6.45, 7) is 9.06. The molecule has 244 valence electrons. The molecule has 0 heterocycles. The van der Waals surface area contributed by atoms with Crippen molar-refractivity contribution in [3.63, 3.8) is 0 Å². The number of unbranched alkanes of at least 4 members (excludes halogenated alkanes) is 22. The zero-order valence-electron chi connectivity index (χ0n) is 28.0. The van der Waals surface area contributed by atoms with Crippen molar-refractivity contribution in [2.24, 2.45) is 0 Å². The van der Waals surface area contributed by atoms with Crippen LogP contribution in [0.15, 0.2) is 0 Å². The lowest BCUT2D eigenvalue weighted by Crippen LogP contribution is -3.00. The van der Waals surface area contributed by atoms with E-state index in [1.54, 1.807) is 0 Å². The zero-order valence-corrected chi connectivity index (χ0v) is 29.6. The molecule has 0 fully saturated rings. The average Bonchev–Trinajstić information content (AvgIpc) is 2.90. The maximum absolute atomic E-state index is 10.2. The van der Waals surface area contributed by atoms with Gasteiger partial charge in [0.1, 0.15) is 6.54 Å². The number of hydroxylamine groups is 3. The molecule has 0 aliphatic heterocycles. The molecule has 0 aliphatic carbocycles. The minimum atomic E-state index is -0.01000. The monoisotopic (exact) mass is 635 g/mol. The number of halogens is 1. The highest BCUT2D eigenvalue weighted by molar-refractivity contribution is 4.67. The summed E-state index contributed by atoms with van der Waals surface area (Å²) in [5.74, 6) is 0. The maximum Gasteiger partial charge on any atom is 0.111 e. The topological polar surface area (TPSA) is 38.7 Å². The normalized spacial score (nSPS) is 13.3. The number of hydrogen-bond donors (Lipinski definition) is 1. The van der Waals surface area contributed by atoms with E-state index < -0.39 is 0 Å². The van der Waals surface area contributed by atoms with Crippen molar-refractivity contribution in [3.05, 3.63) is 0 Å². The standard InChI is InChI=1S/C35H74NO3.BrH/c1-6-8-10-12-14-16-18-20-22-24-26-28-32-38-34(3)35(30-31-36(4,5)37)39-33-29-27-25-23-21-19-17-15-13-11-9-7-2;/h34-35,37H,6-33H2,1-5H3;1H/q+1;/p-1. The Bertz CT molecular complexity index is 472. The van der Waals surface area contributed by atoms with Crippen molar-refractivity contribution < 1.29 is 36.3 Å². The SMILES string of the molecule is CCCCCCCCCCCCCCOC(C)C(CC[N+](C)(C)O)OCCCCCCCCCCCCCC.[Br-]. The summed E-state index contributed by atoms with van der Waals surface area (Å²) in [6, 6.07) is 0. The number of hydrogen-bond acceptors (Lipinski definition) is 3. The maximum atomic E-state index is 10.2. The van der Waals surface area contributed by atoms with Gasteiger partial charge in [0.05, 0.1) is 26.3 Å². The molecule has 4 nitrogen and oxygen atoms in total. The highest BCUT2D eigenvalue weighted by Crippen LogP contribution is 2.16. The second-order valence-electron chi connectivity index (χ2n) is 12.9. The first-order valence-electron chi connectivity index (χ1n) is 17.7. The predicted octanol–water partition coefficient (Wildman–Crippen LogP) is 8.04. The molecule has 5 heteroatoms. The van der Waals surface area contributed by atoms with E-state index >= 15 is 0 Å². The Hall–Kier alpha value is 0.320. The Labute approximate surface area is 263 Å². The molecule has 0 aromatic rings. The molecule has 1 N–H and O–H groups in total. The quantitative estimate of drug-likeness (QED) is 0.0462. The third kappa shape index (κ3) is 32.8. The minimum Gasteiger partial charge on any atom is -1.00 e. The summed E-state index contributed by atoms with van der Waals surface area (Å²) < 4.78 is 12.5. The Morgan fingerprint density at radius 2 is 0.800 bits per heavy atom. The fraction of sp³-hybridized carbons (Fsp3) is 1.00. The number of ether oxygens (including phenoxy) is 2. The molecule has 2 atom stereocenters. The van der Waals surface area contributed by atoms with Gasteiger partial charge in [-0.2, -0.15) is 4.65 Å². The predicted molar refractivity (Wildman–Crippen MR) is 171 cm³/mol. The van der Waals surface area contributed by atoms with Gasteiger partial charge in [-0.25, -0.2) is 5.21 Å². The van der Waals surface area contributed by atoms with E-state index in [1.165, 1.54) is 141 Å². The Morgan fingerprint density at radius 1 is 0.500 bits per heavy atom. The molecule has 0 bridgehead atoms. The van der Waals surface area contributed by atoms with Gasteiger partial charge < -0.3 is 26.5 Å². The van der Waals surface area contributed by atoms with Crippen LogP contribution in [0.2, 0.25) is 0 Å². The lowest BCUT2D eigenvalue weighted by atomic mass is 10.1. The molecule has 40 heavy (non-hydrogen) atoms. The van der Waals surface area contributed by atoms with Crippen molar-refractivity contribution in [2.75, 3.05) is 33.9 Å². The van der Waals surface area contributed by atoms with Crippen LogP contribution in [0.3, 0.4) is 0 Å². The fourth-order valence-electron chi connectivity index (χ4n) is 5.39. The summed E-state index contributed by atoms with van der Waals surface area (Å²) in [5.41, 5.74) is 0. The van der Waals surface area contributed by atoms with Gasteiger partial charge in [-0.3, -0.25) is 0 Å². The molecule has 0 aliphatic rings. The number of quaternary nitrogens is 1. The van der Waals surface area contributed by atoms with E-state index in [9.17, 15) is 5.21 Å².